The average molecular weight is 310 g/mol. The lowest BCUT2D eigenvalue weighted by molar-refractivity contribution is -0.131. The smallest absolute Gasteiger partial charge is 0.369 e. The van der Waals surface area contributed by atoms with Crippen molar-refractivity contribution in [1.29, 1.82) is 0 Å². The van der Waals surface area contributed by atoms with Crippen LogP contribution in [0, 0.1) is 0 Å². The van der Waals surface area contributed by atoms with E-state index in [4.69, 9.17) is 11.6 Å². The van der Waals surface area contributed by atoms with Gasteiger partial charge in [0.2, 0.25) is 5.28 Å². The molecule has 0 atom stereocenters. The summed E-state index contributed by atoms with van der Waals surface area (Å²) in [5.41, 5.74) is 0. The number of alkyl halides is 3. The van der Waals surface area contributed by atoms with Crippen molar-refractivity contribution in [1.82, 2.24) is 9.97 Å². The number of rotatable bonds is 4. The van der Waals surface area contributed by atoms with E-state index in [0.717, 1.165) is 11.3 Å². The summed E-state index contributed by atoms with van der Waals surface area (Å²) in [7, 11) is 0. The zero-order valence-electron chi connectivity index (χ0n) is 10.0. The van der Waals surface area contributed by atoms with E-state index in [1.165, 1.54) is 11.3 Å². The van der Waals surface area contributed by atoms with Gasteiger partial charge in [-0.3, -0.25) is 0 Å². The topological polar surface area (TPSA) is 37.8 Å². The number of hydrogen-bond acceptors (Lipinski definition) is 4. The zero-order chi connectivity index (χ0) is 14.0. The van der Waals surface area contributed by atoms with E-state index in [2.05, 4.69) is 15.3 Å². The van der Waals surface area contributed by atoms with E-state index in [9.17, 15) is 13.2 Å². The number of nitrogens with zero attached hydrogens (tertiary/aromatic N) is 2. The third-order valence-electron chi connectivity index (χ3n) is 2.47. The molecule has 0 fully saturated rings. The van der Waals surface area contributed by atoms with Crippen LogP contribution in [0.15, 0.2) is 6.07 Å². The van der Waals surface area contributed by atoms with E-state index in [0.29, 0.717) is 16.0 Å². The van der Waals surface area contributed by atoms with Gasteiger partial charge in [-0.1, -0.05) is 6.92 Å². The van der Waals surface area contributed by atoms with Gasteiger partial charge in [0.05, 0.1) is 11.8 Å². The summed E-state index contributed by atoms with van der Waals surface area (Å²) in [5.74, 6) is 0.357. The first kappa shape index (κ1) is 14.3. The first-order chi connectivity index (χ1) is 8.89. The van der Waals surface area contributed by atoms with Gasteiger partial charge in [-0.15, -0.1) is 11.3 Å². The van der Waals surface area contributed by atoms with Crippen molar-refractivity contribution in [2.45, 2.75) is 25.9 Å². The fourth-order valence-corrected chi connectivity index (χ4v) is 2.76. The van der Waals surface area contributed by atoms with Crippen molar-refractivity contribution in [3.63, 3.8) is 0 Å². The molecule has 0 aliphatic rings. The van der Waals surface area contributed by atoms with Crippen LogP contribution in [0.25, 0.3) is 10.2 Å². The molecule has 0 saturated heterocycles. The van der Waals surface area contributed by atoms with E-state index in [-0.39, 0.29) is 11.8 Å². The third-order valence-corrected chi connectivity index (χ3v) is 3.81. The molecular weight excluding hydrogens is 299 g/mol. The maximum absolute atomic E-state index is 12.1. The highest BCUT2D eigenvalue weighted by molar-refractivity contribution is 7.18. The zero-order valence-corrected chi connectivity index (χ0v) is 11.6. The highest BCUT2D eigenvalue weighted by atomic mass is 35.5. The molecule has 1 N–H and O–H groups in total. The molecule has 19 heavy (non-hydrogen) atoms. The summed E-state index contributed by atoms with van der Waals surface area (Å²) in [6.45, 7) is 1.76. The number of fused-ring (bicyclic) bond motifs is 1. The molecule has 0 aliphatic carbocycles. The predicted octanol–water partition coefficient (Wildman–Crippen LogP) is 4.27. The highest BCUT2D eigenvalue weighted by Crippen LogP contribution is 2.30. The van der Waals surface area contributed by atoms with Crippen molar-refractivity contribution in [2.24, 2.45) is 0 Å². The second kappa shape index (κ2) is 5.50. The summed E-state index contributed by atoms with van der Waals surface area (Å²) in [5, 5.41) is 3.42. The first-order valence-corrected chi connectivity index (χ1v) is 6.85. The summed E-state index contributed by atoms with van der Waals surface area (Å²) in [6.07, 6.45) is -4.27. The van der Waals surface area contributed by atoms with Gasteiger partial charge >= 0.3 is 6.18 Å². The average Bonchev–Trinajstić information content (AvgIpc) is 2.70. The third kappa shape index (κ3) is 3.70. The normalized spacial score (nSPS) is 12.1. The molecule has 0 aliphatic heterocycles. The highest BCUT2D eigenvalue weighted by Gasteiger charge is 2.26. The standard InChI is InChI=1S/C11H11ClF3N3S/c1-2-6-5-7-8(16-4-3-11(13,14)15)17-10(12)18-9(7)19-6/h5H,2-4H2,1H3,(H,16,17,18). The van der Waals surface area contributed by atoms with Gasteiger partial charge in [-0.05, 0) is 24.1 Å². The molecule has 0 bridgehead atoms. The van der Waals surface area contributed by atoms with Gasteiger partial charge in [-0.25, -0.2) is 9.97 Å². The number of thiophene rings is 1. The summed E-state index contributed by atoms with van der Waals surface area (Å²) in [4.78, 5) is 9.80. The van der Waals surface area contributed by atoms with Crippen molar-refractivity contribution in [3.05, 3.63) is 16.2 Å². The maximum atomic E-state index is 12.1. The molecule has 0 amide bonds. The molecule has 0 radical (unpaired) electrons. The maximum Gasteiger partial charge on any atom is 0.390 e. The Labute approximate surface area is 116 Å². The summed E-state index contributed by atoms with van der Waals surface area (Å²) >= 11 is 7.23. The van der Waals surface area contributed by atoms with Crippen molar-refractivity contribution < 1.29 is 13.2 Å². The Balaban J connectivity index is 2.23. The number of nitrogens with one attached hydrogen (secondary N) is 1. The molecule has 2 aromatic rings. The number of anilines is 1. The van der Waals surface area contributed by atoms with E-state index < -0.39 is 12.6 Å². The van der Waals surface area contributed by atoms with Crippen molar-refractivity contribution >= 4 is 39.0 Å². The minimum absolute atomic E-state index is 0.0338. The van der Waals surface area contributed by atoms with Crippen LogP contribution in [0.3, 0.4) is 0 Å². The Bertz CT molecular complexity index is 582. The molecule has 0 unspecified atom stereocenters. The minimum Gasteiger partial charge on any atom is -0.369 e. The molecule has 104 valence electrons. The van der Waals surface area contributed by atoms with Gasteiger partial charge in [0, 0.05) is 11.4 Å². The lowest BCUT2D eigenvalue weighted by atomic mass is 10.3. The monoisotopic (exact) mass is 309 g/mol. The van der Waals surface area contributed by atoms with Crippen LogP contribution in [0.1, 0.15) is 18.2 Å². The number of aromatic nitrogens is 2. The van der Waals surface area contributed by atoms with Crippen LogP contribution in [-0.2, 0) is 6.42 Å². The van der Waals surface area contributed by atoms with Gasteiger partial charge < -0.3 is 5.32 Å². The van der Waals surface area contributed by atoms with Crippen LogP contribution >= 0.6 is 22.9 Å². The van der Waals surface area contributed by atoms with Crippen LogP contribution in [0.5, 0.6) is 0 Å². The fraction of sp³-hybridized carbons (Fsp3) is 0.455. The molecule has 0 aromatic carbocycles. The molecule has 3 nitrogen and oxygen atoms in total. The minimum atomic E-state index is -4.19. The Morgan fingerprint density at radius 2 is 2.11 bits per heavy atom. The molecule has 2 heterocycles. The van der Waals surface area contributed by atoms with Crippen LogP contribution in [0.4, 0.5) is 19.0 Å². The van der Waals surface area contributed by atoms with E-state index in [1.807, 2.05) is 13.0 Å². The first-order valence-electron chi connectivity index (χ1n) is 5.65. The molecule has 2 rings (SSSR count). The molecule has 2 aromatic heterocycles. The van der Waals surface area contributed by atoms with Crippen molar-refractivity contribution in [3.8, 4) is 0 Å². The lowest BCUT2D eigenvalue weighted by Crippen LogP contribution is -2.15. The molecule has 0 saturated carbocycles. The lowest BCUT2D eigenvalue weighted by Gasteiger charge is -2.09. The number of hydrogen-bond donors (Lipinski definition) is 1. The second-order valence-corrected chi connectivity index (χ2v) is 5.37. The van der Waals surface area contributed by atoms with E-state index in [1.54, 1.807) is 0 Å². The second-order valence-electron chi connectivity index (χ2n) is 3.92. The van der Waals surface area contributed by atoms with Crippen molar-refractivity contribution in [2.75, 3.05) is 11.9 Å². The Kier molecular flexibility index (Phi) is 4.15. The SMILES string of the molecule is CCc1cc2c(NCCC(F)(F)F)nc(Cl)nc2s1. The summed E-state index contributed by atoms with van der Waals surface area (Å²) in [6, 6.07) is 1.88. The van der Waals surface area contributed by atoms with Crippen LogP contribution in [0.2, 0.25) is 5.28 Å². The summed E-state index contributed by atoms with van der Waals surface area (Å²) < 4.78 is 36.3. The Morgan fingerprint density at radius 3 is 2.74 bits per heavy atom. The van der Waals surface area contributed by atoms with Crippen LogP contribution < -0.4 is 5.32 Å². The van der Waals surface area contributed by atoms with E-state index >= 15 is 0 Å². The van der Waals surface area contributed by atoms with Gasteiger partial charge in [0.15, 0.2) is 0 Å². The molecular formula is C11H11ClF3N3S. The molecule has 8 heteroatoms. The number of aryl methyl sites for hydroxylation is 1. The van der Waals surface area contributed by atoms with Gasteiger partial charge in [-0.2, -0.15) is 13.2 Å². The van der Waals surface area contributed by atoms with Crippen LogP contribution in [-0.4, -0.2) is 22.7 Å². The number of halogens is 4. The molecule has 0 spiro atoms. The fourth-order valence-electron chi connectivity index (χ4n) is 1.58. The largest absolute Gasteiger partial charge is 0.390 e. The predicted molar refractivity (Wildman–Crippen MR) is 71.0 cm³/mol. The quantitative estimate of drug-likeness (QED) is 0.857. The Morgan fingerprint density at radius 1 is 1.37 bits per heavy atom. The van der Waals surface area contributed by atoms with Gasteiger partial charge in [0.1, 0.15) is 10.6 Å². The Hall–Kier alpha value is -1.08. The van der Waals surface area contributed by atoms with Gasteiger partial charge in [0.25, 0.3) is 0 Å².